The first-order valence-corrected chi connectivity index (χ1v) is 9.50. The smallest absolute Gasteiger partial charge is 0.231 e. The van der Waals surface area contributed by atoms with Gasteiger partial charge < -0.3 is 19.5 Å². The zero-order valence-corrected chi connectivity index (χ0v) is 16.1. The number of carbonyl (C=O) groups is 1. The van der Waals surface area contributed by atoms with Crippen LogP contribution in [0.1, 0.15) is 18.1 Å². The topological polar surface area (TPSA) is 56.8 Å². The summed E-state index contributed by atoms with van der Waals surface area (Å²) in [5.41, 5.74) is 2.72. The number of ether oxygens (including phenoxy) is 3. The molecule has 1 unspecified atom stereocenters. The first-order valence-electron chi connectivity index (χ1n) is 9.12. The van der Waals surface area contributed by atoms with Crippen molar-refractivity contribution in [2.24, 2.45) is 5.92 Å². The molecule has 1 aliphatic rings. The highest BCUT2D eigenvalue weighted by molar-refractivity contribution is 6.30. The number of nitrogens with one attached hydrogen (secondary N) is 1. The highest BCUT2D eigenvalue weighted by atomic mass is 35.5. The lowest BCUT2D eigenvalue weighted by atomic mass is 9.96. The fraction of sp³-hybridized carbons (Fsp3) is 0.381. The molecular weight excluding hydrogens is 366 g/mol. The summed E-state index contributed by atoms with van der Waals surface area (Å²) in [6.45, 7) is 4.62. The largest absolute Gasteiger partial charge is 0.492 e. The molecular formula is C21H24ClNO4. The van der Waals surface area contributed by atoms with E-state index in [0.29, 0.717) is 44.5 Å². The minimum atomic E-state index is -0.248. The van der Waals surface area contributed by atoms with Gasteiger partial charge in [-0.2, -0.15) is 0 Å². The Hall–Kier alpha value is -2.08. The van der Waals surface area contributed by atoms with Crippen LogP contribution >= 0.6 is 11.6 Å². The summed E-state index contributed by atoms with van der Waals surface area (Å²) < 4.78 is 16.5. The molecule has 1 amide bonds. The summed E-state index contributed by atoms with van der Waals surface area (Å²) in [6, 6.07) is 13.2. The van der Waals surface area contributed by atoms with Gasteiger partial charge in [-0.25, -0.2) is 0 Å². The second-order valence-corrected chi connectivity index (χ2v) is 6.84. The molecule has 0 aromatic heterocycles. The summed E-state index contributed by atoms with van der Waals surface area (Å²) in [4.78, 5) is 12.6. The summed E-state index contributed by atoms with van der Waals surface area (Å²) >= 11 is 6.04. The van der Waals surface area contributed by atoms with Crippen molar-refractivity contribution in [1.29, 1.82) is 0 Å². The Bertz CT molecular complexity index is 781. The van der Waals surface area contributed by atoms with Gasteiger partial charge >= 0.3 is 0 Å². The van der Waals surface area contributed by atoms with Gasteiger partial charge in [0.15, 0.2) is 0 Å². The lowest BCUT2D eigenvalue weighted by molar-refractivity contribution is -0.121. The number of carbonyl (C=O) groups excluding carboxylic acids is 1. The Morgan fingerprint density at radius 3 is 2.93 bits per heavy atom. The van der Waals surface area contributed by atoms with Crippen LogP contribution in [0.3, 0.4) is 0 Å². The van der Waals surface area contributed by atoms with Crippen LogP contribution in [0.25, 0.3) is 0 Å². The first kappa shape index (κ1) is 19.7. The van der Waals surface area contributed by atoms with Crippen molar-refractivity contribution in [2.45, 2.75) is 20.0 Å². The molecule has 27 heavy (non-hydrogen) atoms. The van der Waals surface area contributed by atoms with Crippen LogP contribution < -0.4 is 10.1 Å². The Kier molecular flexibility index (Phi) is 7.10. The molecule has 3 rings (SSSR count). The fourth-order valence-electron chi connectivity index (χ4n) is 2.97. The van der Waals surface area contributed by atoms with Gasteiger partial charge in [-0.15, -0.1) is 0 Å². The fourth-order valence-corrected chi connectivity index (χ4v) is 3.16. The highest BCUT2D eigenvalue weighted by Gasteiger charge is 2.26. The van der Waals surface area contributed by atoms with E-state index in [2.05, 4.69) is 5.32 Å². The molecule has 0 aliphatic carbocycles. The minimum absolute atomic E-state index is 0.0601. The predicted molar refractivity (Wildman–Crippen MR) is 105 cm³/mol. The molecule has 1 aliphatic heterocycles. The maximum absolute atomic E-state index is 12.6. The van der Waals surface area contributed by atoms with Crippen LogP contribution in [-0.2, 0) is 27.3 Å². The lowest BCUT2D eigenvalue weighted by Crippen LogP contribution is -2.32. The predicted octanol–water partition coefficient (Wildman–Crippen LogP) is 4.08. The summed E-state index contributed by atoms with van der Waals surface area (Å²) in [5.74, 6) is 0.492. The first-order chi connectivity index (χ1) is 13.2. The Morgan fingerprint density at radius 2 is 2.07 bits per heavy atom. The van der Waals surface area contributed by atoms with Crippen LogP contribution in [0, 0.1) is 5.92 Å². The molecule has 0 fully saturated rings. The van der Waals surface area contributed by atoms with E-state index in [1.54, 1.807) is 6.07 Å². The Balaban J connectivity index is 1.54. The molecule has 144 valence electrons. The normalized spacial score (nSPS) is 15.7. The zero-order valence-electron chi connectivity index (χ0n) is 15.4. The van der Waals surface area contributed by atoms with Gasteiger partial charge in [-0.3, -0.25) is 4.79 Å². The van der Waals surface area contributed by atoms with E-state index in [4.69, 9.17) is 25.8 Å². The minimum Gasteiger partial charge on any atom is -0.492 e. The quantitative estimate of drug-likeness (QED) is 0.691. The van der Waals surface area contributed by atoms with E-state index >= 15 is 0 Å². The third-order valence-electron chi connectivity index (χ3n) is 4.34. The number of benzene rings is 2. The maximum atomic E-state index is 12.6. The molecule has 0 bridgehead atoms. The standard InChI is InChI=1S/C21H24ClNO4/c1-2-25-8-9-26-13-15-4-3-5-19(10-15)23-21(24)17-11-16-12-18(22)6-7-20(16)27-14-17/h3-7,10,12,17H,2,8-9,11,13-14H2,1H3,(H,23,24). The number of amides is 1. The van der Waals surface area contributed by atoms with Gasteiger partial charge in [0.1, 0.15) is 12.4 Å². The molecule has 1 N–H and O–H groups in total. The number of hydrogen-bond donors (Lipinski definition) is 1. The number of halogens is 1. The lowest BCUT2D eigenvalue weighted by Gasteiger charge is -2.24. The Morgan fingerprint density at radius 1 is 1.22 bits per heavy atom. The Labute approximate surface area is 164 Å². The number of anilines is 1. The van der Waals surface area contributed by atoms with Gasteiger partial charge in [0.2, 0.25) is 5.91 Å². The number of hydrogen-bond acceptors (Lipinski definition) is 4. The van der Waals surface area contributed by atoms with Crippen molar-refractivity contribution < 1.29 is 19.0 Å². The van der Waals surface area contributed by atoms with Crippen LogP contribution in [0.15, 0.2) is 42.5 Å². The molecule has 1 atom stereocenters. The number of rotatable bonds is 8. The third-order valence-corrected chi connectivity index (χ3v) is 4.57. The average molecular weight is 390 g/mol. The average Bonchev–Trinajstić information content (AvgIpc) is 2.67. The van der Waals surface area contributed by atoms with Crippen LogP contribution in [-0.4, -0.2) is 32.3 Å². The van der Waals surface area contributed by atoms with E-state index in [1.165, 1.54) is 0 Å². The zero-order chi connectivity index (χ0) is 19.1. The van der Waals surface area contributed by atoms with Gasteiger partial charge in [0, 0.05) is 17.3 Å². The molecule has 0 saturated heterocycles. The van der Waals surface area contributed by atoms with Gasteiger partial charge in [-0.05, 0) is 54.8 Å². The van der Waals surface area contributed by atoms with Crippen molar-refractivity contribution in [3.8, 4) is 5.75 Å². The van der Waals surface area contributed by atoms with E-state index in [9.17, 15) is 4.79 Å². The van der Waals surface area contributed by atoms with Gasteiger partial charge in [0.25, 0.3) is 0 Å². The maximum Gasteiger partial charge on any atom is 0.231 e. The summed E-state index contributed by atoms with van der Waals surface area (Å²) in [5, 5.41) is 3.62. The SMILES string of the molecule is CCOCCOCc1cccc(NC(=O)C2COc3ccc(Cl)cc3C2)c1. The van der Waals surface area contributed by atoms with Crippen molar-refractivity contribution in [2.75, 3.05) is 31.7 Å². The second kappa shape index (κ2) is 9.74. The monoisotopic (exact) mass is 389 g/mol. The molecule has 2 aromatic rings. The molecule has 6 heteroatoms. The molecule has 2 aromatic carbocycles. The van der Waals surface area contributed by atoms with Crippen molar-refractivity contribution in [3.63, 3.8) is 0 Å². The van der Waals surface area contributed by atoms with Crippen LogP contribution in [0.2, 0.25) is 5.02 Å². The van der Waals surface area contributed by atoms with Gasteiger partial charge in [-0.1, -0.05) is 23.7 Å². The van der Waals surface area contributed by atoms with Gasteiger partial charge in [0.05, 0.1) is 25.7 Å². The molecule has 1 heterocycles. The number of fused-ring (bicyclic) bond motifs is 1. The second-order valence-electron chi connectivity index (χ2n) is 6.40. The molecule has 0 spiro atoms. The van der Waals surface area contributed by atoms with Crippen molar-refractivity contribution in [3.05, 3.63) is 58.6 Å². The van der Waals surface area contributed by atoms with E-state index in [1.807, 2.05) is 43.3 Å². The van der Waals surface area contributed by atoms with Crippen molar-refractivity contribution >= 4 is 23.2 Å². The van der Waals surface area contributed by atoms with Crippen LogP contribution in [0.5, 0.6) is 5.75 Å². The van der Waals surface area contributed by atoms with Crippen molar-refractivity contribution in [1.82, 2.24) is 0 Å². The molecule has 0 saturated carbocycles. The van der Waals surface area contributed by atoms with E-state index < -0.39 is 0 Å². The summed E-state index contributed by atoms with van der Waals surface area (Å²) in [7, 11) is 0. The highest BCUT2D eigenvalue weighted by Crippen LogP contribution is 2.30. The third kappa shape index (κ3) is 5.70. The summed E-state index contributed by atoms with van der Waals surface area (Å²) in [6.07, 6.45) is 0.613. The van der Waals surface area contributed by atoms with E-state index in [0.717, 1.165) is 22.6 Å². The van der Waals surface area contributed by atoms with E-state index in [-0.39, 0.29) is 11.8 Å². The molecule has 0 radical (unpaired) electrons. The molecule has 5 nitrogen and oxygen atoms in total. The van der Waals surface area contributed by atoms with Crippen LogP contribution in [0.4, 0.5) is 5.69 Å².